The molecule has 0 radical (unpaired) electrons. The van der Waals surface area contributed by atoms with Crippen LogP contribution in [0.3, 0.4) is 0 Å². The first-order chi connectivity index (χ1) is 13.5. The fraction of sp³-hybridized carbons (Fsp3) is 0.350. The molecule has 0 unspecified atom stereocenters. The van der Waals surface area contributed by atoms with Crippen LogP contribution in [0.2, 0.25) is 0 Å². The lowest BCUT2D eigenvalue weighted by Gasteiger charge is -2.28. The third kappa shape index (κ3) is 3.95. The second kappa shape index (κ2) is 8.01. The molecule has 0 aliphatic heterocycles. The van der Waals surface area contributed by atoms with E-state index in [-0.39, 0.29) is 35.5 Å². The van der Waals surface area contributed by atoms with Gasteiger partial charge in [-0.25, -0.2) is 9.37 Å². The van der Waals surface area contributed by atoms with Crippen LogP contribution in [-0.4, -0.2) is 28.7 Å². The van der Waals surface area contributed by atoms with Gasteiger partial charge in [0.05, 0.1) is 10.2 Å². The summed E-state index contributed by atoms with van der Waals surface area (Å²) in [7, 11) is 0. The number of nitrogens with one attached hydrogen (secondary N) is 2. The molecule has 0 saturated heterocycles. The molecule has 1 saturated carbocycles. The maximum Gasteiger partial charge on any atom is 0.235 e. The highest BCUT2D eigenvalue weighted by atomic mass is 35.5. The highest BCUT2D eigenvalue weighted by molar-refractivity contribution is 7.23. The predicted molar refractivity (Wildman–Crippen MR) is 110 cm³/mol. The predicted octanol–water partition coefficient (Wildman–Crippen LogP) is 4.44. The highest BCUT2D eigenvalue weighted by Gasteiger charge is 2.28. The minimum atomic E-state index is -0.280. The van der Waals surface area contributed by atoms with E-state index in [9.17, 15) is 14.0 Å². The number of nitrogens with zero attached hydrogens (tertiary/aromatic N) is 1. The Kier molecular flexibility index (Phi) is 5.46. The molecule has 3 aromatic rings. The number of benzene rings is 2. The molecule has 146 valence electrons. The lowest BCUT2D eigenvalue weighted by Crippen LogP contribution is -2.41. The zero-order valence-corrected chi connectivity index (χ0v) is 16.6. The van der Waals surface area contributed by atoms with Crippen LogP contribution in [0.1, 0.15) is 25.7 Å². The van der Waals surface area contributed by atoms with E-state index in [2.05, 4.69) is 15.6 Å². The van der Waals surface area contributed by atoms with Gasteiger partial charge < -0.3 is 10.6 Å². The first-order valence-corrected chi connectivity index (χ1v) is 10.5. The van der Waals surface area contributed by atoms with Crippen LogP contribution in [-0.2, 0) is 9.59 Å². The number of amides is 2. The Morgan fingerprint density at radius 1 is 1.25 bits per heavy atom. The van der Waals surface area contributed by atoms with E-state index < -0.39 is 0 Å². The van der Waals surface area contributed by atoms with Gasteiger partial charge in [0.25, 0.3) is 0 Å². The molecule has 5 nitrogen and oxygen atoms in total. The molecule has 8 heteroatoms. The first-order valence-electron chi connectivity index (χ1n) is 9.18. The van der Waals surface area contributed by atoms with Crippen LogP contribution in [0.5, 0.6) is 0 Å². The molecule has 1 fully saturated rings. The van der Waals surface area contributed by atoms with Crippen LogP contribution in [0.25, 0.3) is 21.0 Å². The Labute approximate surface area is 170 Å². The van der Waals surface area contributed by atoms with Crippen molar-refractivity contribution in [3.8, 4) is 0 Å². The summed E-state index contributed by atoms with van der Waals surface area (Å²) in [6.45, 7) is 0. The molecule has 0 spiro atoms. The number of thiazole rings is 1. The standard InChI is InChI=1S/C20H19ClFN3O2S/c21-10-17(26)23-14-3-1-2-12(9-14)19(27)25-20-24-16-7-4-11-8-13(22)5-6-15(11)18(16)28-20/h4-8,12,14H,1-3,9-10H2,(H,23,26)(H,24,25,27)/t12-,14+/m0/s1. The topological polar surface area (TPSA) is 71.1 Å². The third-order valence-corrected chi connectivity index (χ3v) is 6.36. The van der Waals surface area contributed by atoms with Gasteiger partial charge in [-0.15, -0.1) is 11.6 Å². The van der Waals surface area contributed by atoms with Crippen molar-refractivity contribution >= 4 is 60.9 Å². The number of aromatic nitrogens is 1. The average Bonchev–Trinajstić information content (AvgIpc) is 3.10. The zero-order valence-electron chi connectivity index (χ0n) is 15.0. The van der Waals surface area contributed by atoms with Gasteiger partial charge in [0.2, 0.25) is 11.8 Å². The van der Waals surface area contributed by atoms with Crippen molar-refractivity contribution in [2.24, 2.45) is 5.92 Å². The van der Waals surface area contributed by atoms with Gasteiger partial charge in [-0.3, -0.25) is 9.59 Å². The summed E-state index contributed by atoms with van der Waals surface area (Å²) in [5, 5.41) is 8.04. The lowest BCUT2D eigenvalue weighted by molar-refractivity contribution is -0.123. The van der Waals surface area contributed by atoms with E-state index >= 15 is 0 Å². The number of rotatable bonds is 4. The summed E-state index contributed by atoms with van der Waals surface area (Å²) in [6, 6.07) is 8.30. The molecule has 0 bridgehead atoms. The number of carbonyl (C=O) groups excluding carboxylic acids is 2. The highest BCUT2D eigenvalue weighted by Crippen LogP contribution is 2.34. The van der Waals surface area contributed by atoms with E-state index in [4.69, 9.17) is 11.6 Å². The Morgan fingerprint density at radius 3 is 2.93 bits per heavy atom. The van der Waals surface area contributed by atoms with Crippen molar-refractivity contribution in [1.29, 1.82) is 0 Å². The van der Waals surface area contributed by atoms with Crippen LogP contribution < -0.4 is 10.6 Å². The first kappa shape index (κ1) is 19.1. The average molecular weight is 420 g/mol. The normalized spacial score (nSPS) is 19.6. The van der Waals surface area contributed by atoms with Crippen molar-refractivity contribution in [1.82, 2.24) is 10.3 Å². The number of hydrogen-bond donors (Lipinski definition) is 2. The van der Waals surface area contributed by atoms with Gasteiger partial charge in [-0.1, -0.05) is 23.8 Å². The van der Waals surface area contributed by atoms with Gasteiger partial charge in [0.15, 0.2) is 5.13 Å². The summed E-state index contributed by atoms with van der Waals surface area (Å²) in [6.07, 6.45) is 3.12. The lowest BCUT2D eigenvalue weighted by atomic mass is 9.85. The van der Waals surface area contributed by atoms with Gasteiger partial charge in [-0.2, -0.15) is 0 Å². The Bertz CT molecular complexity index is 1050. The molecule has 2 N–H and O–H groups in total. The van der Waals surface area contributed by atoms with Gasteiger partial charge >= 0.3 is 0 Å². The molecule has 4 rings (SSSR count). The van der Waals surface area contributed by atoms with Crippen LogP contribution in [0.4, 0.5) is 9.52 Å². The monoisotopic (exact) mass is 419 g/mol. The summed E-state index contributed by atoms with van der Waals surface area (Å²) in [5.74, 6) is -0.816. The van der Waals surface area contributed by atoms with E-state index in [1.54, 1.807) is 6.07 Å². The van der Waals surface area contributed by atoms with E-state index in [0.717, 1.165) is 40.3 Å². The summed E-state index contributed by atoms with van der Waals surface area (Å²) >= 11 is 6.93. The molecule has 1 heterocycles. The number of carbonyl (C=O) groups is 2. The second-order valence-corrected chi connectivity index (χ2v) is 8.32. The molecule has 2 amide bonds. The smallest absolute Gasteiger partial charge is 0.235 e. The van der Waals surface area contributed by atoms with Crippen molar-refractivity contribution in [2.75, 3.05) is 11.2 Å². The number of fused-ring (bicyclic) bond motifs is 3. The van der Waals surface area contributed by atoms with Crippen LogP contribution in [0.15, 0.2) is 30.3 Å². The van der Waals surface area contributed by atoms with Gasteiger partial charge in [0, 0.05) is 17.3 Å². The number of alkyl halides is 1. The Hall–Kier alpha value is -2.25. The van der Waals surface area contributed by atoms with Crippen LogP contribution >= 0.6 is 22.9 Å². The quantitative estimate of drug-likeness (QED) is 0.614. The fourth-order valence-electron chi connectivity index (χ4n) is 3.77. The Morgan fingerprint density at radius 2 is 2.11 bits per heavy atom. The van der Waals surface area contributed by atoms with Crippen molar-refractivity contribution in [3.05, 3.63) is 36.1 Å². The molecule has 28 heavy (non-hydrogen) atoms. The van der Waals surface area contributed by atoms with Crippen LogP contribution in [0, 0.1) is 11.7 Å². The number of hydrogen-bond acceptors (Lipinski definition) is 4. The molecule has 1 aliphatic rings. The maximum absolute atomic E-state index is 13.5. The summed E-state index contributed by atoms with van der Waals surface area (Å²) in [4.78, 5) is 28.7. The number of halogens is 2. The largest absolute Gasteiger partial charge is 0.352 e. The van der Waals surface area contributed by atoms with E-state index in [1.807, 2.05) is 12.1 Å². The van der Waals surface area contributed by atoms with E-state index in [1.165, 1.54) is 23.5 Å². The Balaban J connectivity index is 1.50. The summed E-state index contributed by atoms with van der Waals surface area (Å²) < 4.78 is 14.4. The van der Waals surface area contributed by atoms with Crippen molar-refractivity contribution in [3.63, 3.8) is 0 Å². The van der Waals surface area contributed by atoms with Crippen molar-refractivity contribution < 1.29 is 14.0 Å². The molecule has 2 aromatic carbocycles. The molecule has 1 aliphatic carbocycles. The zero-order chi connectivity index (χ0) is 19.7. The second-order valence-electron chi connectivity index (χ2n) is 7.05. The van der Waals surface area contributed by atoms with Crippen molar-refractivity contribution in [2.45, 2.75) is 31.7 Å². The third-order valence-electron chi connectivity index (χ3n) is 5.09. The van der Waals surface area contributed by atoms with E-state index in [0.29, 0.717) is 11.6 Å². The maximum atomic E-state index is 13.5. The van der Waals surface area contributed by atoms with Gasteiger partial charge in [-0.05, 0) is 48.9 Å². The summed E-state index contributed by atoms with van der Waals surface area (Å²) in [5.41, 5.74) is 0.773. The SMILES string of the molecule is O=C(CCl)N[C@@H]1CCC[C@H](C(=O)Nc2nc3ccc4cc(F)ccc4c3s2)C1. The minimum absolute atomic E-state index is 0.0232. The molecular weight excluding hydrogens is 401 g/mol. The number of anilines is 1. The van der Waals surface area contributed by atoms with Gasteiger partial charge in [0.1, 0.15) is 11.7 Å². The molecule has 1 aromatic heterocycles. The fourth-order valence-corrected chi connectivity index (χ4v) is 4.85. The molecular formula is C20H19ClFN3O2S. The molecule has 2 atom stereocenters. The minimum Gasteiger partial charge on any atom is -0.352 e.